The quantitative estimate of drug-likeness (QED) is 0.941. The fourth-order valence-electron chi connectivity index (χ4n) is 2.85. The molecule has 1 fully saturated rings. The Morgan fingerprint density at radius 3 is 2.45 bits per heavy atom. The van der Waals surface area contributed by atoms with E-state index in [9.17, 15) is 13.2 Å². The first-order valence-electron chi connectivity index (χ1n) is 6.91. The molecule has 0 spiro atoms. The molecule has 2 aromatic rings. The van der Waals surface area contributed by atoms with E-state index in [2.05, 4.69) is 11.4 Å². The van der Waals surface area contributed by atoms with Gasteiger partial charge in [-0.15, -0.1) is 0 Å². The summed E-state index contributed by atoms with van der Waals surface area (Å²) in [5, 5.41) is 11.8. The maximum absolute atomic E-state index is 13.8. The first-order chi connectivity index (χ1) is 10.7. The van der Waals surface area contributed by atoms with E-state index in [0.717, 1.165) is 11.6 Å². The van der Waals surface area contributed by atoms with E-state index in [0.29, 0.717) is 5.56 Å². The second kappa shape index (κ2) is 5.82. The summed E-state index contributed by atoms with van der Waals surface area (Å²) >= 11 is 0. The highest BCUT2D eigenvalue weighted by Gasteiger charge is 2.41. The van der Waals surface area contributed by atoms with Crippen LogP contribution >= 0.6 is 0 Å². The molecule has 0 aliphatic carbocycles. The highest BCUT2D eigenvalue weighted by molar-refractivity contribution is 5.64. The Morgan fingerprint density at radius 1 is 1.09 bits per heavy atom. The summed E-state index contributed by atoms with van der Waals surface area (Å²) in [5.74, 6) is -2.01. The summed E-state index contributed by atoms with van der Waals surface area (Å²) in [4.78, 5) is 0. The minimum absolute atomic E-state index is 0.178. The van der Waals surface area contributed by atoms with Crippen molar-refractivity contribution >= 4 is 0 Å². The third-order valence-corrected chi connectivity index (χ3v) is 4.05. The van der Waals surface area contributed by atoms with E-state index in [1.165, 1.54) is 12.1 Å². The van der Waals surface area contributed by atoms with Gasteiger partial charge in [0.05, 0.1) is 6.07 Å². The Kier molecular flexibility index (Phi) is 3.86. The van der Waals surface area contributed by atoms with Gasteiger partial charge in [0.15, 0.2) is 11.6 Å². The Labute approximate surface area is 126 Å². The molecule has 0 saturated carbocycles. The second-order valence-electron chi connectivity index (χ2n) is 5.28. The number of alkyl halides is 1. The van der Waals surface area contributed by atoms with Crippen molar-refractivity contribution in [3.63, 3.8) is 0 Å². The summed E-state index contributed by atoms with van der Waals surface area (Å²) in [6.07, 6.45) is 0. The second-order valence-corrected chi connectivity index (χ2v) is 5.28. The van der Waals surface area contributed by atoms with Gasteiger partial charge in [0.25, 0.3) is 0 Å². The van der Waals surface area contributed by atoms with Gasteiger partial charge in [-0.1, -0.05) is 36.4 Å². The molecule has 3 rings (SSSR count). The van der Waals surface area contributed by atoms with Crippen LogP contribution in [-0.4, -0.2) is 18.8 Å². The Bertz CT molecular complexity index is 722. The van der Waals surface area contributed by atoms with Gasteiger partial charge < -0.3 is 0 Å². The molecule has 1 aliphatic heterocycles. The number of nitrogens with one attached hydrogen (secondary N) is 1. The largest absolute Gasteiger partial charge is 0.295 e. The van der Waals surface area contributed by atoms with Crippen LogP contribution in [0.3, 0.4) is 0 Å². The molecule has 1 heterocycles. The van der Waals surface area contributed by atoms with Gasteiger partial charge >= 0.3 is 0 Å². The summed E-state index contributed by atoms with van der Waals surface area (Å²) < 4.78 is 39.9. The molecule has 0 amide bonds. The SMILES string of the molecule is N#C[C@@H]1N[C@@H](CF)[C@H]1c1ccc(-c2cccc(F)c2F)cc1. The van der Waals surface area contributed by atoms with Crippen molar-refractivity contribution in [3.8, 4) is 17.2 Å². The van der Waals surface area contributed by atoms with Crippen molar-refractivity contribution in [2.45, 2.75) is 18.0 Å². The number of benzene rings is 2. The third kappa shape index (κ3) is 2.36. The number of rotatable bonds is 3. The summed E-state index contributed by atoms with van der Waals surface area (Å²) in [6.45, 7) is -0.552. The van der Waals surface area contributed by atoms with Gasteiger partial charge in [-0.25, -0.2) is 13.2 Å². The van der Waals surface area contributed by atoms with E-state index in [1.54, 1.807) is 24.3 Å². The van der Waals surface area contributed by atoms with Gasteiger partial charge in [-0.3, -0.25) is 5.32 Å². The zero-order valence-corrected chi connectivity index (χ0v) is 11.6. The number of nitrogens with zero attached hydrogens (tertiary/aromatic N) is 1. The smallest absolute Gasteiger partial charge is 0.166 e. The van der Waals surface area contributed by atoms with E-state index in [-0.39, 0.29) is 17.5 Å². The molecule has 2 aromatic carbocycles. The highest BCUT2D eigenvalue weighted by Crippen LogP contribution is 2.34. The van der Waals surface area contributed by atoms with Gasteiger partial charge in [0.2, 0.25) is 0 Å². The molecule has 2 nitrogen and oxygen atoms in total. The monoisotopic (exact) mass is 302 g/mol. The average molecular weight is 302 g/mol. The zero-order valence-electron chi connectivity index (χ0n) is 11.6. The highest BCUT2D eigenvalue weighted by atomic mass is 19.2. The number of nitriles is 1. The van der Waals surface area contributed by atoms with Crippen LogP contribution < -0.4 is 5.32 Å². The van der Waals surface area contributed by atoms with Crippen LogP contribution in [0.2, 0.25) is 0 Å². The van der Waals surface area contributed by atoms with Crippen molar-refractivity contribution in [1.82, 2.24) is 5.32 Å². The van der Waals surface area contributed by atoms with Crippen molar-refractivity contribution in [2.75, 3.05) is 6.67 Å². The Hall–Kier alpha value is -2.32. The maximum atomic E-state index is 13.8. The summed E-state index contributed by atoms with van der Waals surface area (Å²) in [5.41, 5.74) is 1.53. The third-order valence-electron chi connectivity index (χ3n) is 4.05. The van der Waals surface area contributed by atoms with Gasteiger partial charge in [-0.05, 0) is 17.2 Å². The predicted molar refractivity (Wildman–Crippen MR) is 76.8 cm³/mol. The molecule has 3 atom stereocenters. The first kappa shape index (κ1) is 14.6. The molecule has 5 heteroatoms. The molecule has 0 aromatic heterocycles. The Morgan fingerprint density at radius 2 is 1.82 bits per heavy atom. The van der Waals surface area contributed by atoms with Crippen LogP contribution in [0.4, 0.5) is 13.2 Å². The lowest BCUT2D eigenvalue weighted by Crippen LogP contribution is -2.59. The molecule has 22 heavy (non-hydrogen) atoms. The minimum Gasteiger partial charge on any atom is -0.295 e. The molecule has 1 saturated heterocycles. The standard InChI is InChI=1S/C17H13F3N2/c18-8-14-16(15(9-21)22-14)11-6-4-10(5-7-11)12-2-1-3-13(19)17(12)20/h1-7,14-16,22H,8H2/t14-,15-,16+/m0/s1. The lowest BCUT2D eigenvalue weighted by atomic mass is 9.78. The Balaban J connectivity index is 1.90. The summed E-state index contributed by atoms with van der Waals surface area (Å²) in [7, 11) is 0. The van der Waals surface area contributed by atoms with Crippen LogP contribution in [0, 0.1) is 23.0 Å². The molecule has 1 aliphatic rings. The van der Waals surface area contributed by atoms with Crippen LogP contribution in [0.25, 0.3) is 11.1 Å². The molecular weight excluding hydrogens is 289 g/mol. The van der Waals surface area contributed by atoms with Gasteiger partial charge in [-0.2, -0.15) is 5.26 Å². The molecule has 1 N–H and O–H groups in total. The van der Waals surface area contributed by atoms with Crippen molar-refractivity contribution in [3.05, 3.63) is 59.7 Å². The minimum atomic E-state index is -0.896. The van der Waals surface area contributed by atoms with Crippen molar-refractivity contribution in [2.24, 2.45) is 0 Å². The van der Waals surface area contributed by atoms with E-state index in [1.807, 2.05) is 0 Å². The predicted octanol–water partition coefficient (Wildman–Crippen LogP) is 3.55. The molecule has 112 valence electrons. The molecule has 0 radical (unpaired) electrons. The normalized spacial score (nSPS) is 23.6. The van der Waals surface area contributed by atoms with Crippen LogP contribution in [0.1, 0.15) is 11.5 Å². The topological polar surface area (TPSA) is 35.8 Å². The van der Waals surface area contributed by atoms with Crippen LogP contribution in [0.15, 0.2) is 42.5 Å². The molecule has 0 bridgehead atoms. The zero-order chi connectivity index (χ0) is 15.7. The van der Waals surface area contributed by atoms with E-state index < -0.39 is 24.4 Å². The van der Waals surface area contributed by atoms with Crippen LogP contribution in [0.5, 0.6) is 0 Å². The first-order valence-corrected chi connectivity index (χ1v) is 6.91. The fourth-order valence-corrected chi connectivity index (χ4v) is 2.85. The lowest BCUT2D eigenvalue weighted by Gasteiger charge is -2.41. The van der Waals surface area contributed by atoms with Gasteiger partial charge in [0, 0.05) is 17.5 Å². The molecule has 0 unspecified atom stereocenters. The van der Waals surface area contributed by atoms with Crippen molar-refractivity contribution < 1.29 is 13.2 Å². The number of hydrogen-bond acceptors (Lipinski definition) is 2. The van der Waals surface area contributed by atoms with Gasteiger partial charge in [0.1, 0.15) is 12.7 Å². The average Bonchev–Trinajstić information content (AvgIpc) is 2.51. The number of halogens is 3. The summed E-state index contributed by atoms with van der Waals surface area (Å²) in [6, 6.07) is 12.1. The lowest BCUT2D eigenvalue weighted by molar-refractivity contribution is 0.210. The maximum Gasteiger partial charge on any atom is 0.166 e. The van der Waals surface area contributed by atoms with Crippen LogP contribution in [-0.2, 0) is 0 Å². The van der Waals surface area contributed by atoms with Crippen molar-refractivity contribution in [1.29, 1.82) is 5.26 Å². The molecular formula is C17H13F3N2. The van der Waals surface area contributed by atoms with E-state index in [4.69, 9.17) is 5.26 Å². The fraction of sp³-hybridized carbons (Fsp3) is 0.235. The number of hydrogen-bond donors (Lipinski definition) is 1. The van der Waals surface area contributed by atoms with E-state index >= 15 is 0 Å².